The Kier molecular flexibility index (Phi) is 8.76. The van der Waals surface area contributed by atoms with Crippen LogP contribution in [-0.2, 0) is 0 Å². The molecule has 0 unspecified atom stereocenters. The molecule has 4 heteroatoms. The molecule has 0 atom stereocenters. The predicted octanol–water partition coefficient (Wildman–Crippen LogP) is 18.7. The third-order valence-corrected chi connectivity index (χ3v) is 14.9. The Labute approximate surface area is 396 Å². The van der Waals surface area contributed by atoms with Crippen LogP contribution < -0.4 is 4.90 Å². The molecule has 14 rings (SSSR count). The Balaban J connectivity index is 1.02. The highest BCUT2D eigenvalue weighted by atomic mass is 32.1. The van der Waals surface area contributed by atoms with Crippen LogP contribution >= 0.6 is 11.3 Å². The van der Waals surface area contributed by atoms with Crippen molar-refractivity contribution in [1.82, 2.24) is 4.57 Å². The fourth-order valence-electron chi connectivity index (χ4n) is 10.6. The fourth-order valence-corrected chi connectivity index (χ4v) is 11.7. The van der Waals surface area contributed by atoms with E-state index < -0.39 is 0 Å². The number of hydrogen-bond donors (Lipinski definition) is 0. The lowest BCUT2D eigenvalue weighted by molar-refractivity contribution is 0.670. The number of anilines is 3. The van der Waals surface area contributed by atoms with Gasteiger partial charge in [-0.15, -0.1) is 11.3 Å². The van der Waals surface area contributed by atoms with Crippen molar-refractivity contribution in [2.75, 3.05) is 4.90 Å². The zero-order chi connectivity index (χ0) is 44.7. The summed E-state index contributed by atoms with van der Waals surface area (Å²) in [6.45, 7) is 0. The minimum absolute atomic E-state index is 0.859. The van der Waals surface area contributed by atoms with Crippen molar-refractivity contribution in [3.8, 4) is 39.1 Å². The van der Waals surface area contributed by atoms with Gasteiger partial charge in [-0.05, 0) is 118 Å². The van der Waals surface area contributed by atoms with Crippen LogP contribution in [-0.4, -0.2) is 4.57 Å². The fraction of sp³-hybridized carbons (Fsp3) is 0. The summed E-state index contributed by atoms with van der Waals surface area (Å²) >= 11 is 1.85. The summed E-state index contributed by atoms with van der Waals surface area (Å²) in [5.41, 5.74) is 15.0. The standard InChI is InChI=1S/C64H40N2OS/c1-2-16-42-35-45(32-31-41(42)15-1)43-17-13-19-47(36-43)65(48-20-14-18-44(37-48)46-33-34-63-55(38-46)54-25-7-12-30-62(54)68-63)49-39-56(64-57(40-49)53-24-6-11-29-61(53)67-64)52-23-5-10-28-60(52)66-58-26-8-3-21-50(58)51-22-4-9-27-59(51)66/h1-40H. The Morgan fingerprint density at radius 2 is 0.926 bits per heavy atom. The molecule has 14 aromatic rings. The zero-order valence-corrected chi connectivity index (χ0v) is 37.6. The molecule has 11 aromatic carbocycles. The molecule has 3 aromatic heterocycles. The molecule has 0 bridgehead atoms. The lowest BCUT2D eigenvalue weighted by Gasteiger charge is -2.27. The first-order valence-corrected chi connectivity index (χ1v) is 24.0. The maximum atomic E-state index is 6.95. The average molecular weight is 885 g/mol. The summed E-state index contributed by atoms with van der Waals surface area (Å²) in [6, 6.07) is 88.4. The van der Waals surface area contributed by atoms with Gasteiger partial charge in [0.1, 0.15) is 11.2 Å². The van der Waals surface area contributed by atoms with Crippen LogP contribution in [0.5, 0.6) is 0 Å². The van der Waals surface area contributed by atoms with Crippen molar-refractivity contribution < 1.29 is 4.42 Å². The third-order valence-electron chi connectivity index (χ3n) is 13.7. The van der Waals surface area contributed by atoms with Crippen LogP contribution in [0, 0.1) is 0 Å². The molecule has 0 radical (unpaired) electrons. The Morgan fingerprint density at radius 3 is 1.71 bits per heavy atom. The maximum absolute atomic E-state index is 6.95. The minimum Gasteiger partial charge on any atom is -0.455 e. The predicted molar refractivity (Wildman–Crippen MR) is 289 cm³/mol. The number of para-hydroxylation sites is 4. The number of rotatable bonds is 7. The van der Waals surface area contributed by atoms with E-state index in [9.17, 15) is 0 Å². The summed E-state index contributed by atoms with van der Waals surface area (Å²) in [7, 11) is 0. The van der Waals surface area contributed by atoms with Crippen LogP contribution in [0.4, 0.5) is 17.1 Å². The zero-order valence-electron chi connectivity index (χ0n) is 36.8. The monoisotopic (exact) mass is 884 g/mol. The normalized spacial score (nSPS) is 11.8. The first-order valence-electron chi connectivity index (χ1n) is 23.1. The van der Waals surface area contributed by atoms with Crippen LogP contribution in [0.1, 0.15) is 0 Å². The SMILES string of the molecule is c1cc(-c2ccc3ccccc3c2)cc(N(c2cccc(-c3ccc4sc5ccccc5c4c3)c2)c2cc(-c3ccccc3-n3c4ccccc4c4ccccc43)c3oc4ccccc4c3c2)c1. The smallest absolute Gasteiger partial charge is 0.143 e. The number of thiophene rings is 1. The van der Waals surface area contributed by atoms with Gasteiger partial charge in [-0.25, -0.2) is 0 Å². The lowest BCUT2D eigenvalue weighted by Crippen LogP contribution is -2.10. The number of nitrogens with zero attached hydrogens (tertiary/aromatic N) is 2. The molecule has 68 heavy (non-hydrogen) atoms. The number of fused-ring (bicyclic) bond motifs is 10. The van der Waals surface area contributed by atoms with E-state index in [0.29, 0.717) is 0 Å². The Morgan fingerprint density at radius 1 is 0.338 bits per heavy atom. The first kappa shape index (κ1) is 38.6. The van der Waals surface area contributed by atoms with Gasteiger partial charge >= 0.3 is 0 Å². The van der Waals surface area contributed by atoms with Gasteiger partial charge in [0, 0.05) is 69.9 Å². The van der Waals surface area contributed by atoms with Crippen LogP contribution in [0.15, 0.2) is 247 Å². The highest BCUT2D eigenvalue weighted by Gasteiger charge is 2.23. The van der Waals surface area contributed by atoms with E-state index in [4.69, 9.17) is 4.42 Å². The van der Waals surface area contributed by atoms with E-state index in [1.54, 1.807) is 0 Å². The van der Waals surface area contributed by atoms with E-state index in [-0.39, 0.29) is 0 Å². The second-order valence-electron chi connectivity index (χ2n) is 17.7. The summed E-state index contributed by atoms with van der Waals surface area (Å²) in [6.07, 6.45) is 0. The van der Waals surface area contributed by atoms with Gasteiger partial charge in [0.15, 0.2) is 0 Å². The molecule has 0 aliphatic carbocycles. The summed E-state index contributed by atoms with van der Waals surface area (Å²) in [5, 5.41) is 9.63. The molecule has 3 nitrogen and oxygen atoms in total. The molecule has 0 amide bonds. The molecular formula is C64H40N2OS. The molecule has 3 heterocycles. The van der Waals surface area contributed by atoms with Gasteiger partial charge in [0.2, 0.25) is 0 Å². The number of benzene rings is 11. The molecule has 0 N–H and O–H groups in total. The van der Waals surface area contributed by atoms with Gasteiger partial charge in [-0.3, -0.25) is 0 Å². The number of hydrogen-bond acceptors (Lipinski definition) is 3. The topological polar surface area (TPSA) is 21.3 Å². The van der Waals surface area contributed by atoms with Crippen LogP contribution in [0.25, 0.3) is 114 Å². The van der Waals surface area contributed by atoms with E-state index in [2.05, 4.69) is 252 Å². The molecule has 0 aliphatic rings. The minimum atomic E-state index is 0.859. The quantitative estimate of drug-likeness (QED) is 0.159. The summed E-state index contributed by atoms with van der Waals surface area (Å²) < 4.78 is 12.0. The van der Waals surface area contributed by atoms with Gasteiger partial charge < -0.3 is 13.9 Å². The van der Waals surface area contributed by atoms with Gasteiger partial charge in [-0.2, -0.15) is 0 Å². The van der Waals surface area contributed by atoms with Crippen LogP contribution in [0.2, 0.25) is 0 Å². The molecule has 0 spiro atoms. The van der Waals surface area contributed by atoms with Crippen LogP contribution in [0.3, 0.4) is 0 Å². The molecule has 0 saturated heterocycles. The van der Waals surface area contributed by atoms with Gasteiger partial charge in [0.25, 0.3) is 0 Å². The molecule has 0 fully saturated rings. The third kappa shape index (κ3) is 6.19. The van der Waals surface area contributed by atoms with Crippen molar-refractivity contribution in [3.63, 3.8) is 0 Å². The Bertz CT molecular complexity index is 4250. The number of aromatic nitrogens is 1. The van der Waals surface area contributed by atoms with Crippen molar-refractivity contribution in [2.45, 2.75) is 0 Å². The lowest BCUT2D eigenvalue weighted by atomic mass is 9.97. The molecule has 318 valence electrons. The summed E-state index contributed by atoms with van der Waals surface area (Å²) in [4.78, 5) is 2.43. The first-order chi connectivity index (χ1) is 33.7. The molecule has 0 aliphatic heterocycles. The largest absolute Gasteiger partial charge is 0.455 e. The van der Waals surface area contributed by atoms with Crippen molar-refractivity contribution in [1.29, 1.82) is 0 Å². The van der Waals surface area contributed by atoms with E-state index in [0.717, 1.165) is 78.0 Å². The molecule has 0 saturated carbocycles. The number of furan rings is 1. The second kappa shape index (κ2) is 15.5. The maximum Gasteiger partial charge on any atom is 0.143 e. The van der Waals surface area contributed by atoms with E-state index >= 15 is 0 Å². The van der Waals surface area contributed by atoms with Gasteiger partial charge in [0.05, 0.1) is 16.7 Å². The van der Waals surface area contributed by atoms with Crippen molar-refractivity contribution in [3.05, 3.63) is 243 Å². The van der Waals surface area contributed by atoms with E-state index in [1.165, 1.54) is 52.8 Å². The second-order valence-corrected chi connectivity index (χ2v) is 18.7. The van der Waals surface area contributed by atoms with E-state index in [1.807, 2.05) is 11.3 Å². The average Bonchev–Trinajstić information content (AvgIpc) is 4.08. The summed E-state index contributed by atoms with van der Waals surface area (Å²) in [5.74, 6) is 0. The van der Waals surface area contributed by atoms with Crippen molar-refractivity contribution >= 4 is 103 Å². The Hall–Kier alpha value is -8.70. The molecular weight excluding hydrogens is 845 g/mol. The van der Waals surface area contributed by atoms with Gasteiger partial charge in [-0.1, -0.05) is 158 Å². The highest BCUT2D eigenvalue weighted by molar-refractivity contribution is 7.25. The van der Waals surface area contributed by atoms with Crippen molar-refractivity contribution in [2.24, 2.45) is 0 Å². The highest BCUT2D eigenvalue weighted by Crippen LogP contribution is 2.47.